The second-order valence-corrected chi connectivity index (χ2v) is 4.37. The first-order chi connectivity index (χ1) is 7.24. The number of thiophene rings is 1. The van der Waals surface area contributed by atoms with Crippen molar-refractivity contribution in [1.29, 1.82) is 0 Å². The van der Waals surface area contributed by atoms with E-state index in [9.17, 15) is 4.79 Å². The third-order valence-corrected chi connectivity index (χ3v) is 2.98. The number of nitrogens with zero attached hydrogens (tertiary/aromatic N) is 1. The minimum absolute atomic E-state index is 0.219. The van der Waals surface area contributed by atoms with Crippen molar-refractivity contribution in [1.82, 2.24) is 10.2 Å². The van der Waals surface area contributed by atoms with Crippen LogP contribution in [0.2, 0.25) is 0 Å². The van der Waals surface area contributed by atoms with E-state index in [1.807, 2.05) is 19.5 Å². The highest BCUT2D eigenvalue weighted by molar-refractivity contribution is 7.07. The molecule has 0 atom stereocenters. The zero-order valence-electron chi connectivity index (χ0n) is 9.32. The molecule has 0 bridgehead atoms. The molecule has 0 aliphatic rings. The molecule has 1 amide bonds. The maximum Gasteiger partial charge on any atom is 0.222 e. The highest BCUT2D eigenvalue weighted by Crippen LogP contribution is 2.09. The van der Waals surface area contributed by atoms with Crippen LogP contribution in [-0.4, -0.2) is 31.4 Å². The summed E-state index contributed by atoms with van der Waals surface area (Å²) in [7, 11) is 3.76. The molecule has 0 saturated heterocycles. The van der Waals surface area contributed by atoms with Crippen molar-refractivity contribution >= 4 is 17.2 Å². The van der Waals surface area contributed by atoms with Crippen molar-refractivity contribution in [2.45, 2.75) is 19.4 Å². The van der Waals surface area contributed by atoms with E-state index in [4.69, 9.17) is 0 Å². The first-order valence-corrected chi connectivity index (χ1v) is 6.08. The van der Waals surface area contributed by atoms with Gasteiger partial charge in [0.2, 0.25) is 5.91 Å². The third-order valence-electron chi connectivity index (χ3n) is 2.24. The van der Waals surface area contributed by atoms with Crippen LogP contribution in [0.3, 0.4) is 0 Å². The van der Waals surface area contributed by atoms with Crippen LogP contribution in [0.5, 0.6) is 0 Å². The second-order valence-electron chi connectivity index (χ2n) is 3.59. The van der Waals surface area contributed by atoms with Crippen LogP contribution >= 0.6 is 11.3 Å². The molecule has 1 aromatic rings. The molecule has 15 heavy (non-hydrogen) atoms. The number of nitrogens with one attached hydrogen (secondary N) is 1. The van der Waals surface area contributed by atoms with Gasteiger partial charge in [0.15, 0.2) is 0 Å². The fourth-order valence-corrected chi connectivity index (χ4v) is 2.01. The zero-order chi connectivity index (χ0) is 11.1. The highest BCUT2D eigenvalue weighted by atomic mass is 32.1. The van der Waals surface area contributed by atoms with Crippen molar-refractivity contribution in [3.05, 3.63) is 22.4 Å². The van der Waals surface area contributed by atoms with E-state index >= 15 is 0 Å². The second kappa shape index (κ2) is 6.58. The molecule has 1 heterocycles. The average Bonchev–Trinajstić information content (AvgIpc) is 2.70. The molecule has 3 nitrogen and oxygen atoms in total. The van der Waals surface area contributed by atoms with Gasteiger partial charge in [-0.2, -0.15) is 11.3 Å². The molecule has 0 aliphatic heterocycles. The van der Waals surface area contributed by atoms with Gasteiger partial charge in [-0.25, -0.2) is 0 Å². The van der Waals surface area contributed by atoms with Crippen LogP contribution in [0.15, 0.2) is 16.8 Å². The summed E-state index contributed by atoms with van der Waals surface area (Å²) in [5.41, 5.74) is 1.21. The summed E-state index contributed by atoms with van der Waals surface area (Å²) in [4.78, 5) is 13.4. The predicted octanol–water partition coefficient (Wildman–Crippen LogP) is 1.71. The molecular formula is C11H18N2OS. The molecule has 0 aromatic carbocycles. The normalized spacial score (nSPS) is 10.3. The van der Waals surface area contributed by atoms with E-state index in [0.29, 0.717) is 6.42 Å². The summed E-state index contributed by atoms with van der Waals surface area (Å²) in [6.07, 6.45) is 1.53. The fourth-order valence-electron chi connectivity index (χ4n) is 1.35. The first kappa shape index (κ1) is 12.2. The van der Waals surface area contributed by atoms with Crippen LogP contribution in [0.4, 0.5) is 0 Å². The summed E-state index contributed by atoms with van der Waals surface area (Å²) >= 11 is 1.67. The minimum atomic E-state index is 0.219. The number of carbonyl (C=O) groups excluding carboxylic acids is 1. The quantitative estimate of drug-likeness (QED) is 0.749. The molecule has 0 unspecified atom stereocenters. The molecule has 1 aromatic heterocycles. The maximum absolute atomic E-state index is 11.6. The van der Waals surface area contributed by atoms with Crippen LogP contribution in [0, 0.1) is 0 Å². The summed E-state index contributed by atoms with van der Waals surface area (Å²) in [5, 5.41) is 7.16. The Morgan fingerprint density at radius 3 is 3.00 bits per heavy atom. The number of amides is 1. The van der Waals surface area contributed by atoms with Gasteiger partial charge in [-0.05, 0) is 42.4 Å². The standard InChI is InChI=1S/C11H18N2OS/c1-12-6-3-4-11(14)13(2)8-10-5-7-15-9-10/h5,7,9,12H,3-4,6,8H2,1-2H3. The molecule has 84 valence electrons. The van der Waals surface area contributed by atoms with Crippen molar-refractivity contribution < 1.29 is 4.79 Å². The van der Waals surface area contributed by atoms with Gasteiger partial charge in [-0.15, -0.1) is 0 Å². The highest BCUT2D eigenvalue weighted by Gasteiger charge is 2.08. The van der Waals surface area contributed by atoms with Crippen LogP contribution in [0.25, 0.3) is 0 Å². The Morgan fingerprint density at radius 2 is 2.40 bits per heavy atom. The van der Waals surface area contributed by atoms with Crippen LogP contribution < -0.4 is 5.32 Å². The number of carbonyl (C=O) groups is 1. The molecule has 0 spiro atoms. The van der Waals surface area contributed by atoms with Gasteiger partial charge in [0, 0.05) is 20.0 Å². The Kier molecular flexibility index (Phi) is 5.36. The fraction of sp³-hybridized carbons (Fsp3) is 0.545. The monoisotopic (exact) mass is 226 g/mol. The lowest BCUT2D eigenvalue weighted by molar-refractivity contribution is -0.130. The Balaban J connectivity index is 2.27. The lowest BCUT2D eigenvalue weighted by Gasteiger charge is -2.16. The number of hydrogen-bond acceptors (Lipinski definition) is 3. The Morgan fingerprint density at radius 1 is 1.60 bits per heavy atom. The number of hydrogen-bond donors (Lipinski definition) is 1. The lowest BCUT2D eigenvalue weighted by Crippen LogP contribution is -2.26. The average molecular weight is 226 g/mol. The van der Waals surface area contributed by atoms with Crippen molar-refractivity contribution in [2.24, 2.45) is 0 Å². The minimum Gasteiger partial charge on any atom is -0.341 e. The van der Waals surface area contributed by atoms with E-state index in [0.717, 1.165) is 19.5 Å². The molecule has 1 N–H and O–H groups in total. The SMILES string of the molecule is CNCCCC(=O)N(C)Cc1ccsc1. The van der Waals surface area contributed by atoms with Gasteiger partial charge in [-0.3, -0.25) is 4.79 Å². The molecule has 0 saturated carbocycles. The van der Waals surface area contributed by atoms with E-state index in [2.05, 4.69) is 16.8 Å². The van der Waals surface area contributed by atoms with Gasteiger partial charge in [0.25, 0.3) is 0 Å². The van der Waals surface area contributed by atoms with Crippen molar-refractivity contribution in [2.75, 3.05) is 20.6 Å². The molecule has 4 heteroatoms. The number of rotatable bonds is 6. The topological polar surface area (TPSA) is 32.3 Å². The van der Waals surface area contributed by atoms with Crippen LogP contribution in [-0.2, 0) is 11.3 Å². The van der Waals surface area contributed by atoms with Gasteiger partial charge in [0.1, 0.15) is 0 Å². The lowest BCUT2D eigenvalue weighted by atomic mass is 10.2. The van der Waals surface area contributed by atoms with Gasteiger partial charge in [0.05, 0.1) is 0 Å². The van der Waals surface area contributed by atoms with E-state index in [1.165, 1.54) is 5.56 Å². The largest absolute Gasteiger partial charge is 0.341 e. The molecule has 0 aliphatic carbocycles. The van der Waals surface area contributed by atoms with Gasteiger partial charge >= 0.3 is 0 Å². The summed E-state index contributed by atoms with van der Waals surface area (Å²) in [5.74, 6) is 0.219. The smallest absolute Gasteiger partial charge is 0.222 e. The van der Waals surface area contributed by atoms with Gasteiger partial charge < -0.3 is 10.2 Å². The van der Waals surface area contributed by atoms with E-state index in [-0.39, 0.29) is 5.91 Å². The van der Waals surface area contributed by atoms with Gasteiger partial charge in [-0.1, -0.05) is 0 Å². The Bertz CT molecular complexity index is 285. The third kappa shape index (κ3) is 4.44. The van der Waals surface area contributed by atoms with Crippen molar-refractivity contribution in [3.63, 3.8) is 0 Å². The van der Waals surface area contributed by atoms with Crippen LogP contribution in [0.1, 0.15) is 18.4 Å². The molecule has 1 rings (SSSR count). The Labute approximate surface area is 95.1 Å². The van der Waals surface area contributed by atoms with Crippen molar-refractivity contribution in [3.8, 4) is 0 Å². The first-order valence-electron chi connectivity index (χ1n) is 5.13. The summed E-state index contributed by atoms with van der Waals surface area (Å²) in [6.45, 7) is 1.62. The van der Waals surface area contributed by atoms with E-state index in [1.54, 1.807) is 16.2 Å². The van der Waals surface area contributed by atoms with E-state index < -0.39 is 0 Å². The predicted molar refractivity (Wildman–Crippen MR) is 64.0 cm³/mol. The zero-order valence-corrected chi connectivity index (χ0v) is 10.1. The summed E-state index contributed by atoms with van der Waals surface area (Å²) < 4.78 is 0. The molecule has 0 fully saturated rings. The molecule has 0 radical (unpaired) electrons. The Hall–Kier alpha value is -0.870. The molecular weight excluding hydrogens is 208 g/mol. The maximum atomic E-state index is 11.6. The summed E-state index contributed by atoms with van der Waals surface area (Å²) in [6, 6.07) is 2.06.